The zero-order valence-corrected chi connectivity index (χ0v) is 16.5. The van der Waals surface area contributed by atoms with E-state index in [9.17, 15) is 20.2 Å². The minimum Gasteiger partial charge on any atom is -0.457 e. The maximum Gasteiger partial charge on any atom is 0.270 e. The number of rotatable bonds is 6. The van der Waals surface area contributed by atoms with Gasteiger partial charge in [0, 0.05) is 45.0 Å². The van der Waals surface area contributed by atoms with E-state index in [-0.39, 0.29) is 21.0 Å². The molecule has 0 aliphatic heterocycles. The molecule has 7 nitrogen and oxygen atoms in total. The van der Waals surface area contributed by atoms with Gasteiger partial charge in [-0.1, -0.05) is 31.9 Å². The van der Waals surface area contributed by atoms with Gasteiger partial charge in [-0.25, -0.2) is 0 Å². The standard InChI is InChI=1S/C16H14Br2N2O5/c1-9(17)13-7-11(19(21)22)3-5-15(13)25-16-6-4-12(20(23)24)8-14(16)10(2)18/h3-10H,1-2H3. The molecule has 2 atom stereocenters. The first kappa shape index (κ1) is 19.3. The number of alkyl halides is 2. The van der Waals surface area contributed by atoms with Gasteiger partial charge in [0.2, 0.25) is 0 Å². The highest BCUT2D eigenvalue weighted by atomic mass is 79.9. The van der Waals surface area contributed by atoms with E-state index in [1.54, 1.807) is 0 Å². The zero-order chi connectivity index (χ0) is 18.7. The fraction of sp³-hybridized carbons (Fsp3) is 0.250. The summed E-state index contributed by atoms with van der Waals surface area (Å²) in [5.41, 5.74) is 1.15. The predicted octanol–water partition coefficient (Wildman–Crippen LogP) is 6.21. The highest BCUT2D eigenvalue weighted by molar-refractivity contribution is 9.09. The number of halogens is 2. The molecule has 0 saturated carbocycles. The second-order valence-electron chi connectivity index (χ2n) is 5.29. The Morgan fingerprint density at radius 3 is 1.48 bits per heavy atom. The van der Waals surface area contributed by atoms with E-state index in [4.69, 9.17) is 4.74 Å². The Balaban J connectivity index is 2.49. The highest BCUT2D eigenvalue weighted by Gasteiger charge is 2.19. The summed E-state index contributed by atoms with van der Waals surface area (Å²) in [7, 11) is 0. The molecule has 0 N–H and O–H groups in total. The van der Waals surface area contributed by atoms with E-state index in [0.29, 0.717) is 22.6 Å². The van der Waals surface area contributed by atoms with Crippen molar-refractivity contribution >= 4 is 43.2 Å². The molecule has 0 bridgehead atoms. The van der Waals surface area contributed by atoms with Crippen molar-refractivity contribution in [2.75, 3.05) is 0 Å². The van der Waals surface area contributed by atoms with E-state index >= 15 is 0 Å². The summed E-state index contributed by atoms with van der Waals surface area (Å²) < 4.78 is 5.93. The molecule has 132 valence electrons. The smallest absolute Gasteiger partial charge is 0.270 e. The van der Waals surface area contributed by atoms with Crippen molar-refractivity contribution in [2.24, 2.45) is 0 Å². The van der Waals surface area contributed by atoms with Crippen LogP contribution in [0, 0.1) is 20.2 Å². The number of hydrogen-bond acceptors (Lipinski definition) is 5. The van der Waals surface area contributed by atoms with E-state index in [1.165, 1.54) is 36.4 Å². The summed E-state index contributed by atoms with van der Waals surface area (Å²) in [5.74, 6) is 0.886. The Labute approximate surface area is 160 Å². The van der Waals surface area contributed by atoms with Crippen molar-refractivity contribution in [3.63, 3.8) is 0 Å². The zero-order valence-electron chi connectivity index (χ0n) is 13.3. The van der Waals surface area contributed by atoms with Gasteiger partial charge in [-0.15, -0.1) is 0 Å². The Morgan fingerprint density at radius 1 is 0.840 bits per heavy atom. The van der Waals surface area contributed by atoms with E-state index in [0.717, 1.165) is 0 Å². The lowest BCUT2D eigenvalue weighted by atomic mass is 10.1. The number of hydrogen-bond donors (Lipinski definition) is 0. The molecular weight excluding hydrogens is 460 g/mol. The van der Waals surface area contributed by atoms with Crippen LogP contribution < -0.4 is 4.74 Å². The molecule has 25 heavy (non-hydrogen) atoms. The first-order chi connectivity index (χ1) is 11.7. The summed E-state index contributed by atoms with van der Waals surface area (Å²) in [6.07, 6.45) is 0. The van der Waals surface area contributed by atoms with Crippen molar-refractivity contribution in [1.82, 2.24) is 0 Å². The van der Waals surface area contributed by atoms with Crippen LogP contribution >= 0.6 is 31.9 Å². The predicted molar refractivity (Wildman–Crippen MR) is 101 cm³/mol. The summed E-state index contributed by atoms with van der Waals surface area (Å²) >= 11 is 6.81. The Hall–Kier alpha value is -2.00. The average molecular weight is 474 g/mol. The monoisotopic (exact) mass is 472 g/mol. The second kappa shape index (κ2) is 7.92. The summed E-state index contributed by atoms with van der Waals surface area (Å²) in [6, 6.07) is 8.65. The Morgan fingerprint density at radius 2 is 1.20 bits per heavy atom. The number of ether oxygens (including phenoxy) is 1. The van der Waals surface area contributed by atoms with Crippen LogP contribution in [0.3, 0.4) is 0 Å². The number of nitro groups is 2. The molecule has 0 amide bonds. The normalized spacial score (nSPS) is 13.1. The number of nitro benzene ring substituents is 2. The van der Waals surface area contributed by atoms with Gasteiger partial charge in [0.05, 0.1) is 9.85 Å². The number of benzene rings is 2. The van der Waals surface area contributed by atoms with Crippen LogP contribution in [0.25, 0.3) is 0 Å². The van der Waals surface area contributed by atoms with Crippen molar-refractivity contribution in [1.29, 1.82) is 0 Å². The number of nitrogens with zero attached hydrogens (tertiary/aromatic N) is 2. The molecule has 2 unspecified atom stereocenters. The first-order valence-electron chi connectivity index (χ1n) is 7.23. The van der Waals surface area contributed by atoms with E-state index < -0.39 is 9.85 Å². The quantitative estimate of drug-likeness (QED) is 0.282. The fourth-order valence-electron chi connectivity index (χ4n) is 2.22. The molecule has 9 heteroatoms. The lowest BCUT2D eigenvalue weighted by Gasteiger charge is -2.16. The minimum atomic E-state index is -0.472. The van der Waals surface area contributed by atoms with Gasteiger partial charge in [0.15, 0.2) is 0 Å². The third-order valence-corrected chi connectivity index (χ3v) is 4.47. The van der Waals surface area contributed by atoms with Crippen LogP contribution in [-0.2, 0) is 0 Å². The van der Waals surface area contributed by atoms with E-state index in [2.05, 4.69) is 31.9 Å². The van der Waals surface area contributed by atoms with E-state index in [1.807, 2.05) is 13.8 Å². The van der Waals surface area contributed by atoms with Crippen LogP contribution in [0.5, 0.6) is 11.5 Å². The molecule has 0 aliphatic carbocycles. The van der Waals surface area contributed by atoms with Gasteiger partial charge >= 0.3 is 0 Å². The Kier molecular flexibility index (Phi) is 6.12. The average Bonchev–Trinajstić information content (AvgIpc) is 2.54. The molecule has 0 aromatic heterocycles. The lowest BCUT2D eigenvalue weighted by molar-refractivity contribution is -0.385. The molecule has 0 fully saturated rings. The van der Waals surface area contributed by atoms with Crippen LogP contribution in [0.15, 0.2) is 36.4 Å². The van der Waals surface area contributed by atoms with Gasteiger partial charge < -0.3 is 4.74 Å². The largest absolute Gasteiger partial charge is 0.457 e. The topological polar surface area (TPSA) is 95.5 Å². The first-order valence-corrected chi connectivity index (χ1v) is 9.06. The maximum absolute atomic E-state index is 11.0. The third-order valence-electron chi connectivity index (χ3n) is 3.49. The van der Waals surface area contributed by atoms with Crippen LogP contribution in [0.2, 0.25) is 0 Å². The highest BCUT2D eigenvalue weighted by Crippen LogP contribution is 2.40. The Bertz CT molecular complexity index is 757. The SMILES string of the molecule is CC(Br)c1cc([N+](=O)[O-])ccc1Oc1ccc([N+](=O)[O-])cc1C(C)Br. The molecule has 0 aliphatic rings. The van der Waals surface area contributed by atoms with Gasteiger partial charge in [-0.05, 0) is 26.0 Å². The van der Waals surface area contributed by atoms with Crippen LogP contribution in [0.1, 0.15) is 34.6 Å². The minimum absolute atomic E-state index is 0.0357. The van der Waals surface area contributed by atoms with Crippen LogP contribution in [-0.4, -0.2) is 9.85 Å². The number of non-ortho nitro benzene ring substituents is 2. The van der Waals surface area contributed by atoms with Crippen molar-refractivity contribution in [2.45, 2.75) is 23.5 Å². The molecule has 0 saturated heterocycles. The van der Waals surface area contributed by atoms with Gasteiger partial charge in [-0.3, -0.25) is 20.2 Å². The molecule has 0 radical (unpaired) electrons. The molecule has 2 aromatic rings. The third kappa shape index (κ3) is 4.55. The molecule has 0 heterocycles. The fourth-order valence-corrected chi connectivity index (χ4v) is 2.94. The second-order valence-corrected chi connectivity index (χ2v) is 8.04. The summed E-state index contributed by atoms with van der Waals surface area (Å²) in [5, 5.41) is 21.9. The van der Waals surface area contributed by atoms with Gasteiger partial charge in [-0.2, -0.15) is 0 Å². The molecule has 2 rings (SSSR count). The summed E-state index contributed by atoms with van der Waals surface area (Å²) in [4.78, 5) is 20.6. The molecule has 2 aromatic carbocycles. The molecule has 0 spiro atoms. The summed E-state index contributed by atoms with van der Waals surface area (Å²) in [6.45, 7) is 3.66. The van der Waals surface area contributed by atoms with Gasteiger partial charge in [0.25, 0.3) is 11.4 Å². The van der Waals surface area contributed by atoms with Crippen molar-refractivity contribution in [3.05, 3.63) is 67.8 Å². The maximum atomic E-state index is 11.0. The lowest BCUT2D eigenvalue weighted by Crippen LogP contribution is -1.99. The van der Waals surface area contributed by atoms with Crippen molar-refractivity contribution in [3.8, 4) is 11.5 Å². The van der Waals surface area contributed by atoms with Crippen LogP contribution in [0.4, 0.5) is 11.4 Å². The van der Waals surface area contributed by atoms with Crippen molar-refractivity contribution < 1.29 is 14.6 Å². The molecular formula is C16H14Br2N2O5. The van der Waals surface area contributed by atoms with Gasteiger partial charge in [0.1, 0.15) is 11.5 Å².